The van der Waals surface area contributed by atoms with Gasteiger partial charge >= 0.3 is 6.09 Å². The molecule has 1 aliphatic heterocycles. The van der Waals surface area contributed by atoms with Crippen molar-refractivity contribution in [3.8, 4) is 11.5 Å². The second kappa shape index (κ2) is 11.4. The van der Waals surface area contributed by atoms with Crippen molar-refractivity contribution in [3.05, 3.63) is 77.3 Å². The lowest BCUT2D eigenvalue weighted by molar-refractivity contribution is -0.115. The van der Waals surface area contributed by atoms with Crippen LogP contribution in [-0.2, 0) is 20.2 Å². The monoisotopic (exact) mass is 513 g/mol. The number of nitrogens with one attached hydrogen (secondary N) is 1. The van der Waals surface area contributed by atoms with E-state index >= 15 is 0 Å². The van der Waals surface area contributed by atoms with E-state index in [-0.39, 0.29) is 18.4 Å². The van der Waals surface area contributed by atoms with Crippen LogP contribution in [0, 0.1) is 0 Å². The fourth-order valence-electron chi connectivity index (χ4n) is 3.28. The Hall–Kier alpha value is -3.96. The lowest BCUT2D eigenvalue weighted by Crippen LogP contribution is -2.22. The van der Waals surface area contributed by atoms with Crippen LogP contribution in [0.3, 0.4) is 0 Å². The predicted molar refractivity (Wildman–Crippen MR) is 131 cm³/mol. The summed E-state index contributed by atoms with van der Waals surface area (Å²) in [6.07, 6.45) is -0.259. The van der Waals surface area contributed by atoms with Gasteiger partial charge < -0.3 is 20.6 Å². The number of carbonyl (C=O) groups excluding carboxylic acids is 2. The number of halogens is 1. The summed E-state index contributed by atoms with van der Waals surface area (Å²) in [4.78, 5) is 26.3. The third-order valence-electron chi connectivity index (χ3n) is 4.88. The van der Waals surface area contributed by atoms with Crippen LogP contribution >= 0.6 is 23.6 Å². The van der Waals surface area contributed by atoms with Gasteiger partial charge in [0.25, 0.3) is 0 Å². The molecule has 4 rings (SSSR count). The zero-order valence-corrected chi connectivity index (χ0v) is 19.8. The van der Waals surface area contributed by atoms with Gasteiger partial charge in [-0.1, -0.05) is 29.8 Å². The normalized spacial score (nSPS) is 13.1. The maximum atomic E-state index is 12.5. The van der Waals surface area contributed by atoms with Gasteiger partial charge in [-0.15, -0.1) is 0 Å². The highest BCUT2D eigenvalue weighted by Gasteiger charge is 2.23. The standard InChI is InChI=1S/C23H20ClN5O5S/c24-19-4-2-1-3-15(19)13-22(30)26-16-5-10-20(21(14-16)35-34-28-27-25)33-18-8-6-17(7-9-18)29-11-12-32-23(29)31/h1-10,14H,11-13H2,(H2,25,28)(H,26,30). The van der Waals surface area contributed by atoms with Crippen molar-refractivity contribution in [1.82, 2.24) is 0 Å². The van der Waals surface area contributed by atoms with E-state index in [1.54, 1.807) is 60.7 Å². The average molecular weight is 514 g/mol. The number of benzene rings is 3. The Morgan fingerprint density at radius 1 is 1.17 bits per heavy atom. The smallest absolute Gasteiger partial charge is 0.414 e. The van der Waals surface area contributed by atoms with E-state index in [4.69, 9.17) is 31.2 Å². The third kappa shape index (κ3) is 6.34. The summed E-state index contributed by atoms with van der Waals surface area (Å²) < 4.78 is 15.9. The van der Waals surface area contributed by atoms with Crippen molar-refractivity contribution in [2.45, 2.75) is 11.3 Å². The van der Waals surface area contributed by atoms with Crippen molar-refractivity contribution in [3.63, 3.8) is 0 Å². The number of amides is 2. The molecule has 0 bridgehead atoms. The molecular weight excluding hydrogens is 494 g/mol. The van der Waals surface area contributed by atoms with Crippen molar-refractivity contribution < 1.29 is 23.3 Å². The Kier molecular flexibility index (Phi) is 7.91. The number of nitrogens with two attached hydrogens (primary N) is 1. The van der Waals surface area contributed by atoms with Crippen LogP contribution in [0.5, 0.6) is 11.5 Å². The maximum Gasteiger partial charge on any atom is 0.414 e. The van der Waals surface area contributed by atoms with Crippen LogP contribution in [0.25, 0.3) is 0 Å². The minimum absolute atomic E-state index is 0.120. The number of anilines is 2. The molecule has 0 unspecified atom stereocenters. The van der Waals surface area contributed by atoms with Crippen LogP contribution in [0.4, 0.5) is 16.2 Å². The first-order valence-corrected chi connectivity index (χ1v) is 11.5. The molecule has 3 aromatic rings. The van der Waals surface area contributed by atoms with Gasteiger partial charge in [-0.3, -0.25) is 14.0 Å². The van der Waals surface area contributed by atoms with E-state index in [2.05, 4.69) is 15.8 Å². The van der Waals surface area contributed by atoms with Gasteiger partial charge in [0.05, 0.1) is 23.1 Å². The van der Waals surface area contributed by atoms with Gasteiger partial charge in [0.2, 0.25) is 5.91 Å². The van der Waals surface area contributed by atoms with Gasteiger partial charge in [-0.05, 0) is 59.3 Å². The van der Waals surface area contributed by atoms with Gasteiger partial charge in [-0.2, -0.15) is 0 Å². The summed E-state index contributed by atoms with van der Waals surface area (Å²) >= 11 is 7.00. The highest BCUT2D eigenvalue weighted by atomic mass is 35.5. The van der Waals surface area contributed by atoms with Crippen LogP contribution < -0.4 is 20.8 Å². The van der Waals surface area contributed by atoms with Crippen molar-refractivity contribution in [2.24, 2.45) is 16.3 Å². The average Bonchev–Trinajstić information content (AvgIpc) is 3.28. The molecule has 1 fully saturated rings. The molecule has 1 aliphatic rings. The first-order chi connectivity index (χ1) is 17.0. The van der Waals surface area contributed by atoms with E-state index in [0.29, 0.717) is 45.9 Å². The Morgan fingerprint density at radius 3 is 2.69 bits per heavy atom. The summed E-state index contributed by atoms with van der Waals surface area (Å²) in [7, 11) is 0. The fraction of sp³-hybridized carbons (Fsp3) is 0.130. The van der Waals surface area contributed by atoms with Crippen molar-refractivity contribution >= 4 is 47.0 Å². The van der Waals surface area contributed by atoms with Gasteiger partial charge in [0.1, 0.15) is 30.1 Å². The first kappa shape index (κ1) is 24.2. The summed E-state index contributed by atoms with van der Waals surface area (Å²) in [5.41, 5.74) is 1.95. The second-order valence-corrected chi connectivity index (χ2v) is 8.36. The molecule has 0 aliphatic carbocycles. The zero-order valence-electron chi connectivity index (χ0n) is 18.2. The number of nitrogens with zero attached hydrogens (tertiary/aromatic N) is 3. The Morgan fingerprint density at radius 2 is 1.97 bits per heavy atom. The Labute approximate surface area is 210 Å². The number of rotatable bonds is 9. The first-order valence-electron chi connectivity index (χ1n) is 10.4. The highest BCUT2D eigenvalue weighted by Crippen LogP contribution is 2.36. The molecule has 0 saturated carbocycles. The topological polar surface area (TPSA) is 128 Å². The zero-order chi connectivity index (χ0) is 24.6. The van der Waals surface area contributed by atoms with Crippen LogP contribution in [0.15, 0.2) is 82.1 Å². The Balaban J connectivity index is 1.48. The maximum absolute atomic E-state index is 12.5. The van der Waals surface area contributed by atoms with E-state index in [9.17, 15) is 9.59 Å². The molecule has 1 heterocycles. The number of carbonyl (C=O) groups is 2. The van der Waals surface area contributed by atoms with Crippen LogP contribution in [-0.4, -0.2) is 25.2 Å². The molecule has 0 atom stereocenters. The number of hydrogen-bond acceptors (Lipinski definition) is 8. The molecule has 0 aromatic heterocycles. The lowest BCUT2D eigenvalue weighted by atomic mass is 10.1. The molecule has 3 N–H and O–H groups in total. The summed E-state index contributed by atoms with van der Waals surface area (Å²) in [6, 6.07) is 19.2. The third-order valence-corrected chi connectivity index (χ3v) is 5.89. The van der Waals surface area contributed by atoms with Crippen molar-refractivity contribution in [1.29, 1.82) is 0 Å². The molecule has 12 heteroatoms. The minimum Gasteiger partial charge on any atom is -0.456 e. The van der Waals surface area contributed by atoms with Crippen molar-refractivity contribution in [2.75, 3.05) is 23.4 Å². The predicted octanol–water partition coefficient (Wildman–Crippen LogP) is 5.53. The molecule has 180 valence electrons. The SMILES string of the molecule is NN=NOSc1cc(NC(=O)Cc2ccccc2Cl)ccc1Oc1ccc(N2CCOC2=O)cc1. The number of cyclic esters (lactones) is 1. The van der Waals surface area contributed by atoms with Crippen LogP contribution in [0.1, 0.15) is 5.56 Å². The van der Waals surface area contributed by atoms with Crippen LogP contribution in [0.2, 0.25) is 5.02 Å². The molecule has 10 nitrogen and oxygen atoms in total. The van der Waals surface area contributed by atoms with Gasteiger partial charge in [0.15, 0.2) is 0 Å². The largest absolute Gasteiger partial charge is 0.456 e. The second-order valence-electron chi connectivity index (χ2n) is 7.19. The van der Waals surface area contributed by atoms with E-state index < -0.39 is 0 Å². The number of hydrogen-bond donors (Lipinski definition) is 2. The molecule has 3 aromatic carbocycles. The van der Waals surface area contributed by atoms with E-state index in [1.807, 2.05) is 6.07 Å². The van der Waals surface area contributed by atoms with E-state index in [0.717, 1.165) is 17.6 Å². The van der Waals surface area contributed by atoms with E-state index in [1.165, 1.54) is 4.90 Å². The molecular formula is C23H20ClN5O5S. The highest BCUT2D eigenvalue weighted by molar-refractivity contribution is 7.94. The molecule has 35 heavy (non-hydrogen) atoms. The Bertz CT molecular complexity index is 1240. The molecule has 1 saturated heterocycles. The summed E-state index contributed by atoms with van der Waals surface area (Å²) in [5.74, 6) is 5.73. The quantitative estimate of drug-likeness (QED) is 0.166. The molecule has 0 radical (unpaired) electrons. The van der Waals surface area contributed by atoms with Gasteiger partial charge in [-0.25, -0.2) is 4.79 Å². The molecule has 2 amide bonds. The number of ether oxygens (including phenoxy) is 2. The fourth-order valence-corrected chi connectivity index (χ4v) is 4.00. The molecule has 0 spiro atoms. The summed E-state index contributed by atoms with van der Waals surface area (Å²) in [5, 5.41) is 9.71. The lowest BCUT2D eigenvalue weighted by Gasteiger charge is -2.15. The van der Waals surface area contributed by atoms with Gasteiger partial charge in [0, 0.05) is 16.4 Å². The minimum atomic E-state index is -0.379. The summed E-state index contributed by atoms with van der Waals surface area (Å²) in [6.45, 7) is 0.857.